The van der Waals surface area contributed by atoms with Gasteiger partial charge in [0.1, 0.15) is 6.54 Å². The molecule has 0 aliphatic carbocycles. The Morgan fingerprint density at radius 1 is 0.833 bits per heavy atom. The minimum Gasteiger partial charge on any atom is -0.324 e. The number of benzene rings is 3. The average Bonchev–Trinajstić information content (AvgIpc) is 2.78. The molecule has 3 aromatic rings. The molecule has 192 valence electrons. The van der Waals surface area contributed by atoms with E-state index in [0.717, 1.165) is 36.4 Å². The Morgan fingerprint density at radius 2 is 1.44 bits per heavy atom. The lowest BCUT2D eigenvalue weighted by Gasteiger charge is -2.25. The van der Waals surface area contributed by atoms with Crippen molar-refractivity contribution in [3.8, 4) is 0 Å². The molecular weight excluding hydrogens is 557 g/mol. The molecule has 0 bridgehead atoms. The van der Waals surface area contributed by atoms with Gasteiger partial charge in [-0.25, -0.2) is 8.42 Å². The van der Waals surface area contributed by atoms with Crippen LogP contribution in [0, 0.1) is 0 Å². The van der Waals surface area contributed by atoms with Crippen LogP contribution in [0.25, 0.3) is 0 Å². The van der Waals surface area contributed by atoms with Gasteiger partial charge in [0.25, 0.3) is 10.0 Å². The van der Waals surface area contributed by atoms with Crippen molar-refractivity contribution in [2.75, 3.05) is 16.2 Å². The van der Waals surface area contributed by atoms with Crippen molar-refractivity contribution in [3.63, 3.8) is 0 Å². The van der Waals surface area contributed by atoms with Crippen LogP contribution in [0.5, 0.6) is 0 Å². The van der Waals surface area contributed by atoms with Crippen LogP contribution in [0.4, 0.5) is 37.7 Å². The summed E-state index contributed by atoms with van der Waals surface area (Å²) in [7, 11) is -4.64. The number of anilines is 2. The Bertz CT molecular complexity index is 1380. The Labute approximate surface area is 211 Å². The lowest BCUT2D eigenvalue weighted by atomic mass is 10.1. The maximum atomic E-state index is 13.4. The number of amides is 1. The molecule has 0 spiro atoms. The molecule has 0 fully saturated rings. The summed E-state index contributed by atoms with van der Waals surface area (Å²) in [5, 5.41) is 0.965. The normalized spacial score (nSPS) is 12.3. The van der Waals surface area contributed by atoms with Gasteiger partial charge in [-0.05, 0) is 48.5 Å². The fourth-order valence-electron chi connectivity index (χ4n) is 3.10. The highest BCUT2D eigenvalue weighted by atomic mass is 35.5. The number of sulfonamides is 1. The van der Waals surface area contributed by atoms with Crippen LogP contribution in [0.3, 0.4) is 0 Å². The van der Waals surface area contributed by atoms with E-state index in [1.165, 1.54) is 18.2 Å². The van der Waals surface area contributed by atoms with Gasteiger partial charge < -0.3 is 5.32 Å². The second-order valence-electron chi connectivity index (χ2n) is 7.22. The van der Waals surface area contributed by atoms with E-state index in [-0.39, 0.29) is 9.92 Å². The highest BCUT2D eigenvalue weighted by molar-refractivity contribution is 7.92. The SMILES string of the molecule is O=C(CN(c1ccc(Cl)c(C(F)(F)F)c1)S(=O)(=O)c1ccccc1)Nc1ccc(Cl)cc1C(F)(F)F. The van der Waals surface area contributed by atoms with Gasteiger partial charge in [-0.2, -0.15) is 26.3 Å². The van der Waals surface area contributed by atoms with Gasteiger partial charge in [-0.1, -0.05) is 41.4 Å². The Morgan fingerprint density at radius 3 is 2.03 bits per heavy atom. The number of alkyl halides is 6. The van der Waals surface area contributed by atoms with E-state index in [1.54, 1.807) is 0 Å². The molecule has 1 N–H and O–H groups in total. The van der Waals surface area contributed by atoms with Crippen molar-refractivity contribution in [1.82, 2.24) is 0 Å². The molecule has 14 heteroatoms. The Balaban J connectivity index is 2.06. The molecule has 3 aromatic carbocycles. The number of nitrogens with zero attached hydrogens (tertiary/aromatic N) is 1. The summed E-state index contributed by atoms with van der Waals surface area (Å²) in [6, 6.07) is 11.1. The number of nitrogens with one attached hydrogen (secondary N) is 1. The van der Waals surface area contributed by atoms with Crippen LogP contribution < -0.4 is 9.62 Å². The van der Waals surface area contributed by atoms with Crippen molar-refractivity contribution >= 4 is 50.5 Å². The molecule has 0 saturated heterocycles. The first-order chi connectivity index (χ1) is 16.6. The van der Waals surface area contributed by atoms with Crippen LogP contribution >= 0.6 is 23.2 Å². The first kappa shape index (κ1) is 27.6. The highest BCUT2D eigenvalue weighted by Gasteiger charge is 2.37. The summed E-state index contributed by atoms with van der Waals surface area (Å²) in [6.45, 7) is -1.16. The summed E-state index contributed by atoms with van der Waals surface area (Å²) in [6.07, 6.45) is -9.87. The Kier molecular flexibility index (Phi) is 7.82. The first-order valence-corrected chi connectivity index (χ1v) is 11.9. The van der Waals surface area contributed by atoms with Crippen LogP contribution in [-0.4, -0.2) is 20.9 Å². The van der Waals surface area contributed by atoms with Crippen molar-refractivity contribution in [2.45, 2.75) is 17.2 Å². The molecule has 0 aliphatic rings. The topological polar surface area (TPSA) is 66.5 Å². The maximum absolute atomic E-state index is 13.4. The van der Waals surface area contributed by atoms with Gasteiger partial charge in [0.2, 0.25) is 5.91 Å². The van der Waals surface area contributed by atoms with Crippen LogP contribution in [-0.2, 0) is 27.2 Å². The van der Waals surface area contributed by atoms with Crippen LogP contribution in [0.15, 0.2) is 71.6 Å². The zero-order valence-electron chi connectivity index (χ0n) is 17.7. The lowest BCUT2D eigenvalue weighted by molar-refractivity contribution is -0.138. The van der Waals surface area contributed by atoms with Gasteiger partial charge in [-0.3, -0.25) is 9.10 Å². The summed E-state index contributed by atoms with van der Waals surface area (Å²) in [5.41, 5.74) is -3.97. The van der Waals surface area contributed by atoms with Gasteiger partial charge in [0.15, 0.2) is 0 Å². The van der Waals surface area contributed by atoms with E-state index >= 15 is 0 Å². The minimum atomic E-state index is -4.96. The molecule has 0 saturated carbocycles. The van der Waals surface area contributed by atoms with Crippen LogP contribution in [0.1, 0.15) is 11.1 Å². The van der Waals surface area contributed by atoms with E-state index < -0.39 is 62.4 Å². The largest absolute Gasteiger partial charge is 0.418 e. The molecule has 0 radical (unpaired) electrons. The zero-order chi connectivity index (χ0) is 26.9. The average molecular weight is 571 g/mol. The quantitative estimate of drug-likeness (QED) is 0.329. The first-order valence-electron chi connectivity index (χ1n) is 9.72. The number of halogens is 8. The minimum absolute atomic E-state index is 0.269. The second-order valence-corrected chi connectivity index (χ2v) is 9.93. The number of rotatable bonds is 6. The van der Waals surface area contributed by atoms with E-state index in [9.17, 15) is 39.6 Å². The highest BCUT2D eigenvalue weighted by Crippen LogP contribution is 2.39. The molecule has 1 amide bonds. The molecule has 3 rings (SSSR count). The van der Waals surface area contributed by atoms with Gasteiger partial charge in [0.05, 0.1) is 32.4 Å². The molecule has 5 nitrogen and oxygen atoms in total. The van der Waals surface area contributed by atoms with E-state index in [2.05, 4.69) is 0 Å². The number of carbonyl (C=O) groups is 1. The third-order valence-electron chi connectivity index (χ3n) is 4.72. The predicted octanol–water partition coefficient (Wildman–Crippen LogP) is 6.87. The predicted molar refractivity (Wildman–Crippen MR) is 123 cm³/mol. The Hall–Kier alpha value is -2.96. The summed E-state index contributed by atoms with van der Waals surface area (Å²) in [5.74, 6) is -1.26. The van der Waals surface area contributed by atoms with E-state index in [1.807, 2.05) is 5.32 Å². The molecule has 36 heavy (non-hydrogen) atoms. The van der Waals surface area contributed by atoms with E-state index in [0.29, 0.717) is 16.4 Å². The van der Waals surface area contributed by atoms with Crippen molar-refractivity contribution < 1.29 is 39.6 Å². The molecule has 0 aliphatic heterocycles. The smallest absolute Gasteiger partial charge is 0.324 e. The standard InChI is InChI=1S/C22H14Cl2F6N2O3S/c23-13-6-9-19(17(10-13)22(28,29)30)31-20(33)12-32(36(34,35)15-4-2-1-3-5-15)14-7-8-18(24)16(11-14)21(25,26)27/h1-11H,12H2,(H,31,33). The number of hydrogen-bond donors (Lipinski definition) is 1. The number of hydrogen-bond acceptors (Lipinski definition) is 3. The third kappa shape index (κ3) is 6.23. The monoisotopic (exact) mass is 570 g/mol. The summed E-state index contributed by atoms with van der Waals surface area (Å²) in [4.78, 5) is 12.3. The second kappa shape index (κ2) is 10.2. The zero-order valence-corrected chi connectivity index (χ0v) is 20.0. The van der Waals surface area contributed by atoms with Gasteiger partial charge in [-0.15, -0.1) is 0 Å². The fraction of sp³-hybridized carbons (Fsp3) is 0.136. The maximum Gasteiger partial charge on any atom is 0.418 e. The van der Waals surface area contributed by atoms with Crippen LogP contribution in [0.2, 0.25) is 10.0 Å². The molecule has 0 heterocycles. The van der Waals surface area contributed by atoms with Crippen molar-refractivity contribution in [3.05, 3.63) is 87.9 Å². The number of carbonyl (C=O) groups excluding carboxylic acids is 1. The molecule has 0 atom stereocenters. The summed E-state index contributed by atoms with van der Waals surface area (Å²) >= 11 is 11.2. The van der Waals surface area contributed by atoms with Crippen molar-refractivity contribution in [1.29, 1.82) is 0 Å². The lowest BCUT2D eigenvalue weighted by Crippen LogP contribution is -2.38. The fourth-order valence-corrected chi connectivity index (χ4v) is 4.93. The van der Waals surface area contributed by atoms with Gasteiger partial charge >= 0.3 is 12.4 Å². The third-order valence-corrected chi connectivity index (χ3v) is 7.08. The van der Waals surface area contributed by atoms with Gasteiger partial charge in [0, 0.05) is 5.02 Å². The molecular formula is C22H14Cl2F6N2O3S. The summed E-state index contributed by atoms with van der Waals surface area (Å²) < 4.78 is 107. The molecule has 0 unspecified atom stereocenters. The van der Waals surface area contributed by atoms with E-state index in [4.69, 9.17) is 23.2 Å². The van der Waals surface area contributed by atoms with Crippen molar-refractivity contribution in [2.24, 2.45) is 0 Å². The molecule has 0 aromatic heterocycles.